The third kappa shape index (κ3) is 8.34. The van der Waals surface area contributed by atoms with Crippen LogP contribution in [0.2, 0.25) is 0 Å². The normalized spacial score (nSPS) is 11.7. The van der Waals surface area contributed by atoms with Crippen LogP contribution in [0.25, 0.3) is 0 Å². The van der Waals surface area contributed by atoms with Crippen LogP contribution in [-0.2, 0) is 19.0 Å². The molecular formula is C17H22N2O9. The maximum Gasteiger partial charge on any atom is 0.513 e. The Morgan fingerprint density at radius 1 is 1.14 bits per heavy atom. The van der Waals surface area contributed by atoms with E-state index >= 15 is 0 Å². The van der Waals surface area contributed by atoms with E-state index in [2.05, 4.69) is 5.32 Å². The van der Waals surface area contributed by atoms with E-state index in [4.69, 9.17) is 18.9 Å². The largest absolute Gasteiger partial charge is 0.513 e. The SMILES string of the molecule is CCOC(=O)[C@H](COC(=O)Oc1ccc([N+](=O)[O-])cc1)NC(=O)OC(C)(C)C. The molecule has 1 aromatic rings. The van der Waals surface area contributed by atoms with Gasteiger partial charge in [-0.15, -0.1) is 0 Å². The van der Waals surface area contributed by atoms with Gasteiger partial charge in [-0.25, -0.2) is 14.4 Å². The fourth-order valence-corrected chi connectivity index (χ4v) is 1.77. The molecule has 28 heavy (non-hydrogen) atoms. The van der Waals surface area contributed by atoms with Crippen molar-refractivity contribution in [1.82, 2.24) is 5.32 Å². The number of benzene rings is 1. The summed E-state index contributed by atoms with van der Waals surface area (Å²) in [7, 11) is 0. The predicted octanol–water partition coefficient (Wildman–Crippen LogP) is 2.57. The number of nitro groups is 1. The van der Waals surface area contributed by atoms with Crippen LogP contribution in [0.3, 0.4) is 0 Å². The molecule has 11 nitrogen and oxygen atoms in total. The Morgan fingerprint density at radius 2 is 1.75 bits per heavy atom. The van der Waals surface area contributed by atoms with Gasteiger partial charge >= 0.3 is 18.2 Å². The number of amides is 1. The molecule has 1 N–H and O–H groups in total. The number of ether oxygens (including phenoxy) is 4. The molecular weight excluding hydrogens is 376 g/mol. The zero-order valence-electron chi connectivity index (χ0n) is 15.9. The van der Waals surface area contributed by atoms with E-state index < -0.39 is 41.4 Å². The lowest BCUT2D eigenvalue weighted by Crippen LogP contribution is -2.47. The molecule has 1 rings (SSSR count). The molecule has 0 aromatic heterocycles. The van der Waals surface area contributed by atoms with Crippen LogP contribution >= 0.6 is 0 Å². The number of alkyl carbamates (subject to hydrolysis) is 1. The van der Waals surface area contributed by atoms with Crippen LogP contribution < -0.4 is 10.1 Å². The van der Waals surface area contributed by atoms with Gasteiger partial charge in [0.05, 0.1) is 11.5 Å². The van der Waals surface area contributed by atoms with Crippen LogP contribution in [0.15, 0.2) is 24.3 Å². The van der Waals surface area contributed by atoms with Crippen LogP contribution in [-0.4, -0.2) is 48.0 Å². The fourth-order valence-electron chi connectivity index (χ4n) is 1.77. The lowest BCUT2D eigenvalue weighted by atomic mass is 10.2. The third-order valence-corrected chi connectivity index (χ3v) is 2.88. The van der Waals surface area contributed by atoms with E-state index in [-0.39, 0.29) is 18.0 Å². The first-order valence-corrected chi connectivity index (χ1v) is 8.27. The summed E-state index contributed by atoms with van der Waals surface area (Å²) in [5.41, 5.74) is -0.969. The lowest BCUT2D eigenvalue weighted by Gasteiger charge is -2.22. The highest BCUT2D eigenvalue weighted by molar-refractivity contribution is 5.82. The number of nitrogens with one attached hydrogen (secondary N) is 1. The van der Waals surface area contributed by atoms with Gasteiger partial charge in [0.15, 0.2) is 6.04 Å². The van der Waals surface area contributed by atoms with Crippen LogP contribution in [0.4, 0.5) is 15.3 Å². The van der Waals surface area contributed by atoms with Gasteiger partial charge in [-0.05, 0) is 39.8 Å². The number of hydrogen-bond donors (Lipinski definition) is 1. The van der Waals surface area contributed by atoms with Gasteiger partial charge in [0.1, 0.15) is 18.0 Å². The zero-order valence-corrected chi connectivity index (χ0v) is 15.9. The van der Waals surface area contributed by atoms with Gasteiger partial charge in [0, 0.05) is 12.1 Å². The fraction of sp³-hybridized carbons (Fsp3) is 0.471. The van der Waals surface area contributed by atoms with Crippen molar-refractivity contribution in [3.63, 3.8) is 0 Å². The summed E-state index contributed by atoms with van der Waals surface area (Å²) in [6.07, 6.45) is -2.06. The van der Waals surface area contributed by atoms with Crippen LogP contribution in [0.1, 0.15) is 27.7 Å². The predicted molar refractivity (Wildman–Crippen MR) is 94.9 cm³/mol. The Hall–Kier alpha value is -3.37. The maximum atomic E-state index is 11.9. The summed E-state index contributed by atoms with van der Waals surface area (Å²) >= 11 is 0. The minimum Gasteiger partial charge on any atom is -0.464 e. The average molecular weight is 398 g/mol. The van der Waals surface area contributed by atoms with Crippen molar-refractivity contribution in [3.8, 4) is 5.75 Å². The van der Waals surface area contributed by atoms with Crippen molar-refractivity contribution in [2.45, 2.75) is 39.3 Å². The number of rotatable bonds is 7. The number of non-ortho nitro benzene ring substituents is 1. The molecule has 0 unspecified atom stereocenters. The molecule has 0 aliphatic rings. The van der Waals surface area contributed by atoms with Crippen LogP contribution in [0, 0.1) is 10.1 Å². The topological polar surface area (TPSA) is 143 Å². The zero-order chi connectivity index (χ0) is 21.3. The second-order valence-electron chi connectivity index (χ2n) is 6.36. The molecule has 154 valence electrons. The molecule has 11 heteroatoms. The molecule has 0 fully saturated rings. The Balaban J connectivity index is 2.64. The van der Waals surface area contributed by atoms with Crippen LogP contribution in [0.5, 0.6) is 5.75 Å². The summed E-state index contributed by atoms with van der Waals surface area (Å²) in [4.78, 5) is 45.5. The van der Waals surface area contributed by atoms with E-state index in [1.165, 1.54) is 12.1 Å². The lowest BCUT2D eigenvalue weighted by molar-refractivity contribution is -0.384. The number of carbonyl (C=O) groups is 3. The smallest absolute Gasteiger partial charge is 0.464 e. The summed E-state index contributed by atoms with van der Waals surface area (Å²) in [6.45, 7) is 5.99. The van der Waals surface area contributed by atoms with Gasteiger partial charge in [-0.1, -0.05) is 0 Å². The standard InChI is InChI=1S/C17H22N2O9/c1-5-25-14(20)13(18-15(21)28-17(2,3)4)10-26-16(22)27-12-8-6-11(7-9-12)19(23)24/h6-9,13H,5,10H2,1-4H3,(H,18,21)/t13-/m0/s1. The van der Waals surface area contributed by atoms with Gasteiger partial charge in [-0.3, -0.25) is 10.1 Å². The molecule has 0 saturated carbocycles. The van der Waals surface area contributed by atoms with Gasteiger partial charge in [0.2, 0.25) is 0 Å². The molecule has 0 bridgehead atoms. The second-order valence-corrected chi connectivity index (χ2v) is 6.36. The van der Waals surface area contributed by atoms with Crippen molar-refractivity contribution < 1.29 is 38.3 Å². The Morgan fingerprint density at radius 3 is 2.25 bits per heavy atom. The number of nitro benzene ring substituents is 1. The minimum absolute atomic E-state index is 0.00314. The number of esters is 1. The van der Waals surface area contributed by atoms with E-state index in [0.29, 0.717) is 0 Å². The van der Waals surface area contributed by atoms with Gasteiger partial charge < -0.3 is 24.3 Å². The van der Waals surface area contributed by atoms with Crippen molar-refractivity contribution in [1.29, 1.82) is 0 Å². The monoisotopic (exact) mass is 398 g/mol. The van der Waals surface area contributed by atoms with Crippen molar-refractivity contribution >= 4 is 23.9 Å². The highest BCUT2D eigenvalue weighted by Crippen LogP contribution is 2.17. The van der Waals surface area contributed by atoms with E-state index in [1.54, 1.807) is 27.7 Å². The number of carbonyl (C=O) groups excluding carboxylic acids is 3. The summed E-state index contributed by atoms with van der Waals surface area (Å²) in [5, 5.41) is 12.8. The molecule has 0 aliphatic heterocycles. The Kier molecular flexibility index (Phi) is 8.17. The first-order chi connectivity index (χ1) is 13.0. The molecule has 0 spiro atoms. The molecule has 1 amide bonds. The van der Waals surface area contributed by atoms with Crippen molar-refractivity contribution in [3.05, 3.63) is 34.4 Å². The summed E-state index contributed by atoms with van der Waals surface area (Å²) < 4.78 is 19.5. The maximum absolute atomic E-state index is 11.9. The highest BCUT2D eigenvalue weighted by Gasteiger charge is 2.27. The van der Waals surface area contributed by atoms with E-state index in [1.807, 2.05) is 0 Å². The van der Waals surface area contributed by atoms with Crippen molar-refractivity contribution in [2.24, 2.45) is 0 Å². The summed E-state index contributed by atoms with van der Waals surface area (Å²) in [5.74, 6) is -0.820. The number of nitrogens with zero attached hydrogens (tertiary/aromatic N) is 1. The molecule has 0 heterocycles. The van der Waals surface area contributed by atoms with E-state index in [0.717, 1.165) is 12.1 Å². The quantitative estimate of drug-likeness (QED) is 0.241. The first kappa shape index (κ1) is 22.7. The molecule has 0 aliphatic carbocycles. The number of hydrogen-bond acceptors (Lipinski definition) is 9. The third-order valence-electron chi connectivity index (χ3n) is 2.88. The molecule has 0 radical (unpaired) electrons. The minimum atomic E-state index is -1.31. The molecule has 1 atom stereocenters. The average Bonchev–Trinajstić information content (AvgIpc) is 2.57. The molecule has 0 saturated heterocycles. The van der Waals surface area contributed by atoms with Gasteiger partial charge in [0.25, 0.3) is 5.69 Å². The first-order valence-electron chi connectivity index (χ1n) is 8.27. The van der Waals surface area contributed by atoms with Crippen molar-refractivity contribution in [2.75, 3.05) is 13.2 Å². The Bertz CT molecular complexity index is 710. The van der Waals surface area contributed by atoms with E-state index in [9.17, 15) is 24.5 Å². The second kappa shape index (κ2) is 10.1. The molecule has 1 aromatic carbocycles. The highest BCUT2D eigenvalue weighted by atomic mass is 16.7. The Labute approximate surface area is 161 Å². The summed E-state index contributed by atoms with van der Waals surface area (Å²) in [6, 6.07) is 3.41. The van der Waals surface area contributed by atoms with Gasteiger partial charge in [-0.2, -0.15) is 0 Å².